The number of rotatable bonds is 2. The Morgan fingerprint density at radius 3 is 2.62 bits per heavy atom. The van der Waals surface area contributed by atoms with Crippen molar-refractivity contribution in [3.8, 4) is 0 Å². The molecular weight excluding hydrogens is 224 g/mol. The van der Waals surface area contributed by atoms with Crippen molar-refractivity contribution in [1.82, 2.24) is 5.32 Å². The second kappa shape index (κ2) is 4.76. The van der Waals surface area contributed by atoms with E-state index in [4.69, 9.17) is 5.11 Å². The Hall–Kier alpha value is -1.20. The molecule has 0 bridgehead atoms. The molecule has 1 aliphatic rings. The molecule has 4 nitrogen and oxygen atoms in total. The van der Waals surface area contributed by atoms with Gasteiger partial charge in [-0.25, -0.2) is 4.79 Å². The van der Waals surface area contributed by atoms with Gasteiger partial charge in [0.15, 0.2) is 0 Å². The number of anilines is 1. The van der Waals surface area contributed by atoms with Crippen LogP contribution in [0, 0.1) is 0 Å². The number of aromatic carboxylic acids is 1. The van der Waals surface area contributed by atoms with E-state index in [-0.39, 0.29) is 0 Å². The highest BCUT2D eigenvalue weighted by molar-refractivity contribution is 7.80. The topological polar surface area (TPSA) is 52.6 Å². The highest BCUT2D eigenvalue weighted by atomic mass is 32.1. The fourth-order valence-electron chi connectivity index (χ4n) is 1.82. The van der Waals surface area contributed by atoms with Crippen molar-refractivity contribution in [2.75, 3.05) is 31.1 Å². The molecule has 86 valence electrons. The Kier molecular flexibility index (Phi) is 3.36. The summed E-state index contributed by atoms with van der Waals surface area (Å²) in [5.41, 5.74) is 1.23. The summed E-state index contributed by atoms with van der Waals surface area (Å²) >= 11 is 4.23. The first kappa shape index (κ1) is 11.3. The second-order valence-corrected chi connectivity index (χ2v) is 4.30. The van der Waals surface area contributed by atoms with Gasteiger partial charge in [0.25, 0.3) is 0 Å². The van der Waals surface area contributed by atoms with Crippen LogP contribution in [0.25, 0.3) is 0 Å². The Balaban J connectivity index is 2.28. The molecule has 1 aromatic carbocycles. The van der Waals surface area contributed by atoms with E-state index in [9.17, 15) is 4.79 Å². The van der Waals surface area contributed by atoms with E-state index in [1.54, 1.807) is 12.1 Å². The van der Waals surface area contributed by atoms with E-state index in [0.29, 0.717) is 10.5 Å². The molecule has 1 aromatic rings. The van der Waals surface area contributed by atoms with Crippen molar-refractivity contribution < 1.29 is 9.90 Å². The number of thiol groups is 1. The number of hydrogen-bond donors (Lipinski definition) is 3. The van der Waals surface area contributed by atoms with Crippen molar-refractivity contribution in [1.29, 1.82) is 0 Å². The molecule has 1 fully saturated rings. The number of carboxylic acids is 1. The second-order valence-electron chi connectivity index (χ2n) is 3.78. The van der Waals surface area contributed by atoms with Crippen LogP contribution in [0.15, 0.2) is 23.1 Å². The monoisotopic (exact) mass is 238 g/mol. The van der Waals surface area contributed by atoms with Gasteiger partial charge in [0.05, 0.1) is 5.56 Å². The predicted octanol–water partition coefficient (Wildman–Crippen LogP) is 1.08. The fourth-order valence-corrected chi connectivity index (χ4v) is 2.10. The first-order valence-electron chi connectivity index (χ1n) is 5.20. The molecule has 2 N–H and O–H groups in total. The minimum absolute atomic E-state index is 0.293. The maximum Gasteiger partial charge on any atom is 0.335 e. The van der Waals surface area contributed by atoms with Crippen LogP contribution in [0.2, 0.25) is 0 Å². The molecule has 0 aromatic heterocycles. The van der Waals surface area contributed by atoms with Gasteiger partial charge in [-0.2, -0.15) is 0 Å². The molecular formula is C11H14N2O2S. The fraction of sp³-hybridized carbons (Fsp3) is 0.364. The molecule has 0 atom stereocenters. The average Bonchev–Trinajstić information content (AvgIpc) is 2.29. The van der Waals surface area contributed by atoms with Crippen LogP contribution < -0.4 is 10.2 Å². The zero-order valence-electron chi connectivity index (χ0n) is 8.81. The third-order valence-electron chi connectivity index (χ3n) is 2.63. The molecule has 2 rings (SSSR count). The van der Waals surface area contributed by atoms with Crippen LogP contribution in [0.1, 0.15) is 10.4 Å². The Bertz CT molecular complexity index is 403. The summed E-state index contributed by atoms with van der Waals surface area (Å²) in [6, 6.07) is 5.17. The van der Waals surface area contributed by atoms with E-state index < -0.39 is 5.97 Å². The van der Waals surface area contributed by atoms with Gasteiger partial charge in [0.1, 0.15) is 0 Å². The van der Waals surface area contributed by atoms with E-state index in [2.05, 4.69) is 22.8 Å². The smallest absolute Gasteiger partial charge is 0.335 e. The van der Waals surface area contributed by atoms with Gasteiger partial charge in [0, 0.05) is 36.8 Å². The first-order chi connectivity index (χ1) is 7.66. The molecule has 0 unspecified atom stereocenters. The quantitative estimate of drug-likeness (QED) is 0.675. The number of benzene rings is 1. The summed E-state index contributed by atoms with van der Waals surface area (Å²) in [7, 11) is 0. The Morgan fingerprint density at radius 2 is 2.00 bits per heavy atom. The lowest BCUT2D eigenvalue weighted by Gasteiger charge is -2.29. The van der Waals surface area contributed by atoms with Crippen LogP contribution in [0.4, 0.5) is 5.69 Å². The molecule has 5 heteroatoms. The van der Waals surface area contributed by atoms with Gasteiger partial charge in [-0.05, 0) is 18.2 Å². The third-order valence-corrected chi connectivity index (χ3v) is 2.89. The van der Waals surface area contributed by atoms with Crippen molar-refractivity contribution >= 4 is 24.3 Å². The van der Waals surface area contributed by atoms with E-state index in [0.717, 1.165) is 31.9 Å². The van der Waals surface area contributed by atoms with Gasteiger partial charge in [-0.3, -0.25) is 0 Å². The van der Waals surface area contributed by atoms with Crippen molar-refractivity contribution in [3.05, 3.63) is 23.8 Å². The Labute approximate surface area is 99.7 Å². The number of carboxylic acid groups (broad SMARTS) is 1. The minimum atomic E-state index is -0.910. The molecule has 0 aliphatic carbocycles. The maximum absolute atomic E-state index is 10.9. The summed E-state index contributed by atoms with van der Waals surface area (Å²) in [6.07, 6.45) is 0. The van der Waals surface area contributed by atoms with Gasteiger partial charge in [0.2, 0.25) is 0 Å². The molecule has 0 spiro atoms. The number of nitrogens with zero attached hydrogens (tertiary/aromatic N) is 1. The Morgan fingerprint density at radius 1 is 1.31 bits per heavy atom. The zero-order valence-corrected chi connectivity index (χ0v) is 9.70. The summed E-state index contributed by atoms with van der Waals surface area (Å²) in [6.45, 7) is 3.66. The summed E-state index contributed by atoms with van der Waals surface area (Å²) in [4.78, 5) is 13.8. The van der Waals surface area contributed by atoms with E-state index >= 15 is 0 Å². The largest absolute Gasteiger partial charge is 0.478 e. The van der Waals surface area contributed by atoms with Gasteiger partial charge >= 0.3 is 5.97 Å². The van der Waals surface area contributed by atoms with Gasteiger partial charge < -0.3 is 15.3 Å². The minimum Gasteiger partial charge on any atom is -0.478 e. The van der Waals surface area contributed by atoms with Crippen molar-refractivity contribution in [2.45, 2.75) is 4.90 Å². The van der Waals surface area contributed by atoms with Crippen molar-refractivity contribution in [2.24, 2.45) is 0 Å². The highest BCUT2D eigenvalue weighted by Gasteiger charge is 2.13. The van der Waals surface area contributed by atoms with Crippen LogP contribution in [-0.4, -0.2) is 37.3 Å². The van der Waals surface area contributed by atoms with Gasteiger partial charge in [-0.15, -0.1) is 12.6 Å². The first-order valence-corrected chi connectivity index (χ1v) is 5.64. The SMILES string of the molecule is O=C(O)c1cc(S)cc(N2CCNCC2)c1. The molecule has 1 aliphatic heterocycles. The normalized spacial score (nSPS) is 16.2. The number of nitrogens with one attached hydrogen (secondary N) is 1. The third kappa shape index (κ3) is 2.48. The molecule has 0 saturated carbocycles. The van der Waals surface area contributed by atoms with Crippen LogP contribution in [0.3, 0.4) is 0 Å². The average molecular weight is 238 g/mol. The number of piperazine rings is 1. The lowest BCUT2D eigenvalue weighted by Crippen LogP contribution is -2.43. The van der Waals surface area contributed by atoms with Crippen molar-refractivity contribution in [3.63, 3.8) is 0 Å². The lowest BCUT2D eigenvalue weighted by atomic mass is 10.1. The van der Waals surface area contributed by atoms with Crippen LogP contribution in [0.5, 0.6) is 0 Å². The van der Waals surface area contributed by atoms with Crippen LogP contribution >= 0.6 is 12.6 Å². The van der Waals surface area contributed by atoms with Crippen LogP contribution in [-0.2, 0) is 0 Å². The molecule has 16 heavy (non-hydrogen) atoms. The lowest BCUT2D eigenvalue weighted by molar-refractivity contribution is 0.0696. The summed E-state index contributed by atoms with van der Waals surface area (Å²) in [5, 5.41) is 12.2. The van der Waals surface area contributed by atoms with Gasteiger partial charge in [-0.1, -0.05) is 0 Å². The van der Waals surface area contributed by atoms with E-state index in [1.165, 1.54) is 0 Å². The summed E-state index contributed by atoms with van der Waals surface area (Å²) < 4.78 is 0. The number of hydrogen-bond acceptors (Lipinski definition) is 4. The summed E-state index contributed by atoms with van der Waals surface area (Å²) in [5.74, 6) is -0.910. The molecule has 1 heterocycles. The number of carbonyl (C=O) groups is 1. The molecule has 0 radical (unpaired) electrons. The predicted molar refractivity (Wildman–Crippen MR) is 65.7 cm³/mol. The molecule has 0 amide bonds. The maximum atomic E-state index is 10.9. The zero-order chi connectivity index (χ0) is 11.5. The highest BCUT2D eigenvalue weighted by Crippen LogP contribution is 2.21. The van der Waals surface area contributed by atoms with E-state index in [1.807, 2.05) is 6.07 Å². The molecule has 1 saturated heterocycles. The standard InChI is InChI=1S/C11H14N2O2S/c14-11(15)8-5-9(7-10(16)6-8)13-3-1-12-2-4-13/h5-7,12,16H,1-4H2,(H,14,15).